The van der Waals surface area contributed by atoms with Crippen LogP contribution < -0.4 is 10.2 Å². The Kier molecular flexibility index (Phi) is 5.43. The third kappa shape index (κ3) is 4.33. The zero-order valence-corrected chi connectivity index (χ0v) is 16.1. The van der Waals surface area contributed by atoms with E-state index in [1.54, 1.807) is 4.68 Å². The van der Waals surface area contributed by atoms with Gasteiger partial charge in [-0.15, -0.1) is 0 Å². The normalized spacial score (nSPS) is 20.7. The van der Waals surface area contributed by atoms with E-state index in [0.717, 1.165) is 45.0 Å². The molecule has 1 N–H and O–H groups in total. The SMILES string of the molecule is Cc1cccc(N2CCN(C(=O)Cn3ccc([C@H]4CCCNC4)n3)CC2)c1. The Morgan fingerprint density at radius 2 is 2.07 bits per heavy atom. The highest BCUT2D eigenvalue weighted by molar-refractivity contribution is 5.76. The van der Waals surface area contributed by atoms with Gasteiger partial charge < -0.3 is 15.1 Å². The molecule has 2 fully saturated rings. The highest BCUT2D eigenvalue weighted by Crippen LogP contribution is 2.21. The molecule has 1 aromatic carbocycles. The number of piperidine rings is 1. The summed E-state index contributed by atoms with van der Waals surface area (Å²) in [5, 5.41) is 8.09. The number of piperazine rings is 1. The number of rotatable bonds is 4. The largest absolute Gasteiger partial charge is 0.368 e. The van der Waals surface area contributed by atoms with Gasteiger partial charge in [0.05, 0.1) is 5.69 Å². The van der Waals surface area contributed by atoms with E-state index in [-0.39, 0.29) is 5.91 Å². The number of nitrogens with zero attached hydrogens (tertiary/aromatic N) is 4. The quantitative estimate of drug-likeness (QED) is 0.898. The molecule has 0 spiro atoms. The van der Waals surface area contributed by atoms with Crippen molar-refractivity contribution in [3.05, 3.63) is 47.8 Å². The third-order valence-corrected chi connectivity index (χ3v) is 5.67. The van der Waals surface area contributed by atoms with Crippen LogP contribution >= 0.6 is 0 Å². The first kappa shape index (κ1) is 18.0. The highest BCUT2D eigenvalue weighted by atomic mass is 16.2. The van der Waals surface area contributed by atoms with Crippen LogP contribution in [0.15, 0.2) is 36.5 Å². The first-order chi connectivity index (χ1) is 13.2. The molecular weight excluding hydrogens is 338 g/mol. The van der Waals surface area contributed by atoms with Gasteiger partial charge in [-0.25, -0.2) is 0 Å². The van der Waals surface area contributed by atoms with Gasteiger partial charge in [-0.05, 0) is 50.1 Å². The molecule has 6 heteroatoms. The zero-order chi connectivity index (χ0) is 18.6. The fraction of sp³-hybridized carbons (Fsp3) is 0.524. The summed E-state index contributed by atoms with van der Waals surface area (Å²) in [5.41, 5.74) is 3.63. The number of hydrogen-bond acceptors (Lipinski definition) is 4. The Balaban J connectivity index is 1.30. The second kappa shape index (κ2) is 8.13. The molecule has 0 radical (unpaired) electrons. The first-order valence-corrected chi connectivity index (χ1v) is 10.0. The molecule has 2 saturated heterocycles. The van der Waals surface area contributed by atoms with Crippen molar-refractivity contribution >= 4 is 11.6 Å². The number of anilines is 1. The predicted molar refractivity (Wildman–Crippen MR) is 107 cm³/mol. The van der Waals surface area contributed by atoms with E-state index in [2.05, 4.69) is 52.6 Å². The number of nitrogens with one attached hydrogen (secondary N) is 1. The summed E-state index contributed by atoms with van der Waals surface area (Å²) in [5.74, 6) is 0.642. The molecule has 144 valence electrons. The molecule has 1 atom stereocenters. The average Bonchev–Trinajstić information content (AvgIpc) is 3.17. The topological polar surface area (TPSA) is 53.4 Å². The minimum Gasteiger partial charge on any atom is -0.368 e. The zero-order valence-electron chi connectivity index (χ0n) is 16.1. The molecule has 0 aliphatic carbocycles. The molecule has 1 aromatic heterocycles. The van der Waals surface area contributed by atoms with Crippen LogP contribution in [-0.2, 0) is 11.3 Å². The standard InChI is InChI=1S/C21H29N5O/c1-17-4-2-6-19(14-17)24-10-12-25(13-11-24)21(27)16-26-9-7-20(23-26)18-5-3-8-22-15-18/h2,4,6-7,9,14,18,22H,3,5,8,10-13,15-16H2,1H3/t18-/m0/s1. The van der Waals surface area contributed by atoms with E-state index in [1.165, 1.54) is 24.1 Å². The minimum atomic E-state index is 0.162. The van der Waals surface area contributed by atoms with Crippen LogP contribution in [0.5, 0.6) is 0 Å². The van der Waals surface area contributed by atoms with Crippen LogP contribution in [0.25, 0.3) is 0 Å². The lowest BCUT2D eigenvalue weighted by Crippen LogP contribution is -2.49. The molecule has 4 rings (SSSR count). The summed E-state index contributed by atoms with van der Waals surface area (Å²) in [6, 6.07) is 10.6. The van der Waals surface area contributed by atoms with Crippen molar-refractivity contribution < 1.29 is 4.79 Å². The molecule has 6 nitrogen and oxygen atoms in total. The summed E-state index contributed by atoms with van der Waals surface area (Å²) in [6.07, 6.45) is 4.32. The van der Waals surface area contributed by atoms with E-state index in [0.29, 0.717) is 12.5 Å². The van der Waals surface area contributed by atoms with Gasteiger partial charge in [0, 0.05) is 50.5 Å². The molecule has 2 aromatic rings. The van der Waals surface area contributed by atoms with Crippen LogP contribution in [0.1, 0.15) is 30.0 Å². The minimum absolute atomic E-state index is 0.162. The van der Waals surface area contributed by atoms with Gasteiger partial charge in [-0.2, -0.15) is 5.10 Å². The maximum absolute atomic E-state index is 12.7. The van der Waals surface area contributed by atoms with Crippen molar-refractivity contribution in [3.8, 4) is 0 Å². The van der Waals surface area contributed by atoms with Crippen molar-refractivity contribution in [1.29, 1.82) is 0 Å². The van der Waals surface area contributed by atoms with Gasteiger partial charge in [0.2, 0.25) is 5.91 Å². The van der Waals surface area contributed by atoms with Gasteiger partial charge in [0.15, 0.2) is 0 Å². The molecule has 3 heterocycles. The molecule has 0 saturated carbocycles. The van der Waals surface area contributed by atoms with Crippen LogP contribution in [0.4, 0.5) is 5.69 Å². The lowest BCUT2D eigenvalue weighted by molar-refractivity contribution is -0.132. The summed E-state index contributed by atoms with van der Waals surface area (Å²) in [4.78, 5) is 17.0. The lowest BCUT2D eigenvalue weighted by Gasteiger charge is -2.36. The summed E-state index contributed by atoms with van der Waals surface area (Å²) < 4.78 is 1.80. The van der Waals surface area contributed by atoms with Crippen molar-refractivity contribution in [2.24, 2.45) is 0 Å². The molecule has 2 aliphatic heterocycles. The second-order valence-electron chi connectivity index (χ2n) is 7.69. The van der Waals surface area contributed by atoms with Gasteiger partial charge in [0.1, 0.15) is 6.54 Å². The summed E-state index contributed by atoms with van der Waals surface area (Å²) in [6.45, 7) is 7.85. The summed E-state index contributed by atoms with van der Waals surface area (Å²) >= 11 is 0. The third-order valence-electron chi connectivity index (χ3n) is 5.67. The number of hydrogen-bond donors (Lipinski definition) is 1. The van der Waals surface area contributed by atoms with Gasteiger partial charge in [-0.3, -0.25) is 9.48 Å². The van der Waals surface area contributed by atoms with Crippen LogP contribution in [0, 0.1) is 6.92 Å². The highest BCUT2D eigenvalue weighted by Gasteiger charge is 2.22. The monoisotopic (exact) mass is 367 g/mol. The van der Waals surface area contributed by atoms with E-state index in [9.17, 15) is 4.79 Å². The molecule has 2 aliphatic rings. The number of carbonyl (C=O) groups is 1. The van der Waals surface area contributed by atoms with Crippen molar-refractivity contribution in [2.75, 3.05) is 44.2 Å². The number of carbonyl (C=O) groups excluding carboxylic acids is 1. The fourth-order valence-electron chi connectivity index (χ4n) is 4.06. The Morgan fingerprint density at radius 1 is 1.22 bits per heavy atom. The van der Waals surface area contributed by atoms with E-state index in [1.807, 2.05) is 11.1 Å². The molecule has 1 amide bonds. The van der Waals surface area contributed by atoms with Crippen molar-refractivity contribution in [2.45, 2.75) is 32.2 Å². The number of benzene rings is 1. The van der Waals surface area contributed by atoms with E-state index >= 15 is 0 Å². The maximum atomic E-state index is 12.7. The van der Waals surface area contributed by atoms with E-state index < -0.39 is 0 Å². The van der Waals surface area contributed by atoms with E-state index in [4.69, 9.17) is 0 Å². The first-order valence-electron chi connectivity index (χ1n) is 10.0. The smallest absolute Gasteiger partial charge is 0.244 e. The number of aryl methyl sites for hydroxylation is 1. The number of aromatic nitrogens is 2. The van der Waals surface area contributed by atoms with Gasteiger partial charge in [-0.1, -0.05) is 12.1 Å². The van der Waals surface area contributed by atoms with Crippen molar-refractivity contribution in [1.82, 2.24) is 20.0 Å². The van der Waals surface area contributed by atoms with Crippen LogP contribution in [-0.4, -0.2) is 59.9 Å². The molecule has 27 heavy (non-hydrogen) atoms. The number of amides is 1. The Labute approximate surface area is 161 Å². The molecule has 0 unspecified atom stereocenters. The van der Waals surface area contributed by atoms with Crippen LogP contribution in [0.3, 0.4) is 0 Å². The Morgan fingerprint density at radius 3 is 2.81 bits per heavy atom. The second-order valence-corrected chi connectivity index (χ2v) is 7.69. The van der Waals surface area contributed by atoms with Gasteiger partial charge in [0.25, 0.3) is 0 Å². The summed E-state index contributed by atoms with van der Waals surface area (Å²) in [7, 11) is 0. The Bertz CT molecular complexity index is 772. The van der Waals surface area contributed by atoms with Crippen molar-refractivity contribution in [3.63, 3.8) is 0 Å². The Hall–Kier alpha value is -2.34. The molecule has 0 bridgehead atoms. The maximum Gasteiger partial charge on any atom is 0.244 e. The lowest BCUT2D eigenvalue weighted by atomic mass is 9.97. The molecular formula is C21H29N5O. The predicted octanol–water partition coefficient (Wildman–Crippen LogP) is 2.01. The van der Waals surface area contributed by atoms with Gasteiger partial charge >= 0.3 is 0 Å². The fourth-order valence-corrected chi connectivity index (χ4v) is 4.06. The van der Waals surface area contributed by atoms with Crippen LogP contribution in [0.2, 0.25) is 0 Å². The average molecular weight is 367 g/mol.